The third-order valence-corrected chi connectivity index (χ3v) is 4.04. The standard InChI is InChI=1S/C17H24ClN3O4/c1-16(2,3)25-15(23)21-9-17(4,14(22)20-6)24-13-8-11(19-5)10(18)7-12(13)21/h7-8,19H,9H2,1-6H3,(H,20,22). The molecule has 1 aliphatic rings. The van der Waals surface area contributed by atoms with Crippen LogP contribution >= 0.6 is 11.6 Å². The Hall–Kier alpha value is -2.15. The Morgan fingerprint density at radius 1 is 1.32 bits per heavy atom. The monoisotopic (exact) mass is 369 g/mol. The van der Waals surface area contributed by atoms with Gasteiger partial charge in [-0.1, -0.05) is 11.6 Å². The number of carbonyl (C=O) groups excluding carboxylic acids is 2. The van der Waals surface area contributed by atoms with Crippen LogP contribution in [0.5, 0.6) is 5.75 Å². The second kappa shape index (κ2) is 6.63. The van der Waals surface area contributed by atoms with E-state index in [2.05, 4.69) is 10.6 Å². The zero-order chi connectivity index (χ0) is 19.0. The van der Waals surface area contributed by atoms with Crippen LogP contribution in [0.2, 0.25) is 5.02 Å². The van der Waals surface area contributed by atoms with E-state index in [4.69, 9.17) is 21.1 Å². The molecule has 0 bridgehead atoms. The summed E-state index contributed by atoms with van der Waals surface area (Å²) in [6.07, 6.45) is -0.569. The second-order valence-electron chi connectivity index (χ2n) is 7.03. The van der Waals surface area contributed by atoms with E-state index in [1.807, 2.05) is 0 Å². The van der Waals surface area contributed by atoms with Crippen molar-refractivity contribution in [3.8, 4) is 5.75 Å². The number of carbonyl (C=O) groups is 2. The van der Waals surface area contributed by atoms with Gasteiger partial charge in [-0.15, -0.1) is 0 Å². The van der Waals surface area contributed by atoms with E-state index < -0.39 is 17.3 Å². The molecule has 0 saturated heterocycles. The van der Waals surface area contributed by atoms with E-state index in [-0.39, 0.29) is 12.5 Å². The van der Waals surface area contributed by atoms with E-state index >= 15 is 0 Å². The Morgan fingerprint density at radius 2 is 1.96 bits per heavy atom. The van der Waals surface area contributed by atoms with Crippen molar-refractivity contribution in [2.45, 2.75) is 38.9 Å². The SMILES string of the molecule is CNC(=O)C1(C)CN(C(=O)OC(C)(C)C)c2cc(Cl)c(NC)cc2O1. The van der Waals surface area contributed by atoms with Gasteiger partial charge >= 0.3 is 6.09 Å². The zero-order valence-electron chi connectivity index (χ0n) is 15.3. The third-order valence-electron chi connectivity index (χ3n) is 3.73. The molecule has 1 aromatic rings. The van der Waals surface area contributed by atoms with Gasteiger partial charge in [0.2, 0.25) is 5.60 Å². The lowest BCUT2D eigenvalue weighted by molar-refractivity contribution is -0.134. The maximum atomic E-state index is 12.7. The van der Waals surface area contributed by atoms with Gasteiger partial charge in [-0.05, 0) is 33.8 Å². The Labute approximate surface area is 152 Å². The number of rotatable bonds is 2. The summed E-state index contributed by atoms with van der Waals surface area (Å²) in [5, 5.41) is 5.95. The van der Waals surface area contributed by atoms with Gasteiger partial charge in [0, 0.05) is 20.2 Å². The third kappa shape index (κ3) is 3.92. The van der Waals surface area contributed by atoms with Gasteiger partial charge < -0.3 is 20.1 Å². The molecule has 0 aliphatic carbocycles. The summed E-state index contributed by atoms with van der Waals surface area (Å²) in [6.45, 7) is 6.97. The fourth-order valence-electron chi connectivity index (χ4n) is 2.55. The molecular weight excluding hydrogens is 346 g/mol. The van der Waals surface area contributed by atoms with Crippen LogP contribution in [0.25, 0.3) is 0 Å². The van der Waals surface area contributed by atoms with Crippen molar-refractivity contribution in [3.05, 3.63) is 17.2 Å². The van der Waals surface area contributed by atoms with Crippen molar-refractivity contribution in [2.24, 2.45) is 0 Å². The summed E-state index contributed by atoms with van der Waals surface area (Å²) in [4.78, 5) is 26.4. The average molecular weight is 370 g/mol. The first-order valence-electron chi connectivity index (χ1n) is 7.94. The molecule has 1 aromatic carbocycles. The summed E-state index contributed by atoms with van der Waals surface area (Å²) in [5.41, 5.74) is -0.837. The van der Waals surface area contributed by atoms with Gasteiger partial charge in [-0.3, -0.25) is 9.69 Å². The summed E-state index contributed by atoms with van der Waals surface area (Å²) in [5.74, 6) is 0.0321. The lowest BCUT2D eigenvalue weighted by Gasteiger charge is -2.40. The molecule has 1 heterocycles. The summed E-state index contributed by atoms with van der Waals surface area (Å²) < 4.78 is 11.4. The molecule has 2 amide bonds. The number of fused-ring (bicyclic) bond motifs is 1. The number of ether oxygens (including phenoxy) is 2. The van der Waals surface area contributed by atoms with Gasteiger partial charge in [0.15, 0.2) is 0 Å². The fourth-order valence-corrected chi connectivity index (χ4v) is 2.80. The number of hydrogen-bond donors (Lipinski definition) is 2. The summed E-state index contributed by atoms with van der Waals surface area (Å²) in [6, 6.07) is 3.28. The number of benzene rings is 1. The molecular formula is C17H24ClN3O4. The molecule has 2 N–H and O–H groups in total. The lowest BCUT2D eigenvalue weighted by atomic mass is 10.0. The van der Waals surface area contributed by atoms with Crippen LogP contribution in [0.1, 0.15) is 27.7 Å². The van der Waals surface area contributed by atoms with Crippen LogP contribution in [0.3, 0.4) is 0 Å². The first-order valence-corrected chi connectivity index (χ1v) is 8.31. The number of amides is 2. The molecule has 25 heavy (non-hydrogen) atoms. The molecule has 7 nitrogen and oxygen atoms in total. The van der Waals surface area contributed by atoms with Crippen LogP contribution in [0, 0.1) is 0 Å². The maximum absolute atomic E-state index is 12.7. The zero-order valence-corrected chi connectivity index (χ0v) is 16.1. The van der Waals surface area contributed by atoms with Gasteiger partial charge in [-0.25, -0.2) is 4.79 Å². The fraction of sp³-hybridized carbons (Fsp3) is 0.529. The molecule has 1 unspecified atom stereocenters. The highest BCUT2D eigenvalue weighted by Gasteiger charge is 2.45. The van der Waals surface area contributed by atoms with Crippen molar-refractivity contribution in [1.82, 2.24) is 5.32 Å². The minimum absolute atomic E-state index is 0.00379. The molecule has 0 spiro atoms. The van der Waals surface area contributed by atoms with Crippen LogP contribution in [0.15, 0.2) is 12.1 Å². The van der Waals surface area contributed by atoms with E-state index in [0.717, 1.165) is 0 Å². The van der Waals surface area contributed by atoms with E-state index in [9.17, 15) is 9.59 Å². The van der Waals surface area contributed by atoms with Gasteiger partial charge in [0.05, 0.1) is 22.9 Å². The Bertz CT molecular complexity index is 702. The van der Waals surface area contributed by atoms with E-state index in [1.165, 1.54) is 11.9 Å². The molecule has 138 valence electrons. The first kappa shape index (κ1) is 19.2. The summed E-state index contributed by atoms with van der Waals surface area (Å²) >= 11 is 6.25. The average Bonchev–Trinajstić information content (AvgIpc) is 2.51. The molecule has 1 aliphatic heterocycles. The van der Waals surface area contributed by atoms with Crippen LogP contribution < -0.4 is 20.3 Å². The van der Waals surface area contributed by atoms with Crippen LogP contribution in [0.4, 0.5) is 16.2 Å². The molecule has 1 atom stereocenters. The normalized spacial score (nSPS) is 19.6. The second-order valence-corrected chi connectivity index (χ2v) is 7.44. The molecule has 8 heteroatoms. The van der Waals surface area contributed by atoms with Crippen LogP contribution in [-0.2, 0) is 9.53 Å². The number of nitrogens with one attached hydrogen (secondary N) is 2. The number of anilines is 2. The lowest BCUT2D eigenvalue weighted by Crippen LogP contribution is -2.59. The van der Waals surface area contributed by atoms with Crippen molar-refractivity contribution in [1.29, 1.82) is 0 Å². The number of likely N-dealkylation sites (N-methyl/N-ethyl adjacent to an activating group) is 1. The first-order chi connectivity index (χ1) is 11.5. The molecule has 2 rings (SSSR count). The molecule has 0 aromatic heterocycles. The highest BCUT2D eigenvalue weighted by molar-refractivity contribution is 6.33. The number of nitrogens with zero attached hydrogens (tertiary/aromatic N) is 1. The number of hydrogen-bond acceptors (Lipinski definition) is 5. The van der Waals surface area contributed by atoms with E-state index in [0.29, 0.717) is 22.1 Å². The summed E-state index contributed by atoms with van der Waals surface area (Å²) in [7, 11) is 3.24. The molecule has 0 saturated carbocycles. The predicted molar refractivity (Wildman–Crippen MR) is 97.7 cm³/mol. The van der Waals surface area contributed by atoms with Crippen molar-refractivity contribution >= 4 is 35.0 Å². The van der Waals surface area contributed by atoms with Gasteiger partial charge in [0.1, 0.15) is 11.4 Å². The molecule has 0 fully saturated rings. The Kier molecular flexibility index (Phi) is 5.09. The minimum Gasteiger partial charge on any atom is -0.474 e. The molecule has 0 radical (unpaired) electrons. The van der Waals surface area contributed by atoms with Crippen molar-refractivity contribution in [3.63, 3.8) is 0 Å². The minimum atomic E-state index is -1.25. The Balaban J connectivity index is 2.53. The predicted octanol–water partition coefficient (Wildman–Crippen LogP) is 3.02. The van der Waals surface area contributed by atoms with Gasteiger partial charge in [0.25, 0.3) is 5.91 Å². The Morgan fingerprint density at radius 3 is 2.48 bits per heavy atom. The van der Waals surface area contributed by atoms with Crippen molar-refractivity contribution < 1.29 is 19.1 Å². The highest BCUT2D eigenvalue weighted by Crippen LogP contribution is 2.42. The maximum Gasteiger partial charge on any atom is 0.415 e. The highest BCUT2D eigenvalue weighted by atomic mass is 35.5. The van der Waals surface area contributed by atoms with E-state index in [1.54, 1.807) is 46.9 Å². The topological polar surface area (TPSA) is 79.9 Å². The smallest absolute Gasteiger partial charge is 0.415 e. The number of halogens is 1. The van der Waals surface area contributed by atoms with Crippen LogP contribution in [-0.4, -0.2) is 43.8 Å². The largest absolute Gasteiger partial charge is 0.474 e. The van der Waals surface area contributed by atoms with Gasteiger partial charge in [-0.2, -0.15) is 0 Å². The quantitative estimate of drug-likeness (QED) is 0.837. The van der Waals surface area contributed by atoms with Crippen molar-refractivity contribution in [2.75, 3.05) is 30.9 Å².